The fourth-order valence-corrected chi connectivity index (χ4v) is 4.95. The molecule has 12 nitrogen and oxygen atoms in total. The number of likely N-dealkylation sites (N-methyl/N-ethyl adjacent to an activating group) is 2. The van der Waals surface area contributed by atoms with Gasteiger partial charge in [0.2, 0.25) is 17.7 Å². The van der Waals surface area contributed by atoms with Gasteiger partial charge in [-0.3, -0.25) is 9.36 Å². The molecule has 0 saturated heterocycles. The Bertz CT molecular complexity index is 1660. The molecule has 4 heterocycles. The third-order valence-electron chi connectivity index (χ3n) is 6.91. The molecule has 0 unspecified atom stereocenters. The van der Waals surface area contributed by atoms with Crippen LogP contribution < -0.4 is 26.0 Å². The maximum atomic E-state index is 13.4. The number of nitrogens with zero attached hydrogens (tertiary/aromatic N) is 7. The van der Waals surface area contributed by atoms with Crippen LogP contribution in [0.25, 0.3) is 16.9 Å². The number of aryl methyl sites for hydroxylation is 2. The lowest BCUT2D eigenvalue weighted by molar-refractivity contribution is -0.111. The average Bonchev–Trinajstić information content (AvgIpc) is 3.26. The molecule has 3 aromatic heterocycles. The summed E-state index contributed by atoms with van der Waals surface area (Å²) in [6.07, 6.45) is 4.66. The number of amides is 1. The Morgan fingerprint density at radius 1 is 1.17 bits per heavy atom. The number of rotatable bonds is 11. The second-order valence-corrected chi connectivity index (χ2v) is 10.1. The molecule has 214 valence electrons. The maximum absolute atomic E-state index is 13.4. The number of ether oxygens (including phenoxy) is 1. The van der Waals surface area contributed by atoms with Crippen molar-refractivity contribution in [1.29, 1.82) is 0 Å². The molecule has 0 radical (unpaired) electrons. The van der Waals surface area contributed by atoms with Crippen molar-refractivity contribution < 1.29 is 9.53 Å². The highest BCUT2D eigenvalue weighted by Gasteiger charge is 2.22. The zero-order chi connectivity index (χ0) is 29.1. The summed E-state index contributed by atoms with van der Waals surface area (Å²) in [5.74, 6) is 1.20. The Balaban J connectivity index is 1.55. The van der Waals surface area contributed by atoms with E-state index in [2.05, 4.69) is 38.1 Å². The van der Waals surface area contributed by atoms with Crippen LogP contribution in [0, 0.1) is 0 Å². The molecule has 1 aromatic carbocycles. The Morgan fingerprint density at radius 2 is 2.00 bits per heavy atom. The summed E-state index contributed by atoms with van der Waals surface area (Å²) >= 11 is 0. The van der Waals surface area contributed by atoms with Crippen LogP contribution in [-0.2, 0) is 17.8 Å². The zero-order valence-electron chi connectivity index (χ0n) is 23.8. The van der Waals surface area contributed by atoms with Crippen molar-refractivity contribution in [3.63, 3.8) is 0 Å². The minimum Gasteiger partial charge on any atom is -0.476 e. The van der Waals surface area contributed by atoms with Gasteiger partial charge in [-0.25, -0.2) is 14.3 Å². The molecular formula is C29H35N9O3. The number of nitrogens with one attached hydrogen (secondary N) is 2. The largest absolute Gasteiger partial charge is 0.476 e. The first-order chi connectivity index (χ1) is 19.8. The van der Waals surface area contributed by atoms with Gasteiger partial charge in [0.1, 0.15) is 11.5 Å². The lowest BCUT2D eigenvalue weighted by atomic mass is 10.0. The van der Waals surface area contributed by atoms with E-state index in [4.69, 9.17) is 9.72 Å². The highest BCUT2D eigenvalue weighted by molar-refractivity contribution is 6.01. The number of para-hydroxylation sites is 1. The van der Waals surface area contributed by atoms with Gasteiger partial charge in [0.15, 0.2) is 5.82 Å². The van der Waals surface area contributed by atoms with Gasteiger partial charge in [-0.15, -0.1) is 0 Å². The number of carbonyl (C=O) groups excluding carboxylic acids is 1. The van der Waals surface area contributed by atoms with Crippen molar-refractivity contribution in [2.45, 2.75) is 26.3 Å². The first-order valence-electron chi connectivity index (χ1n) is 13.6. The molecule has 1 aliphatic heterocycles. The minimum absolute atomic E-state index is 0.131. The molecule has 0 spiro atoms. The molecule has 5 rings (SSSR count). The number of anilines is 4. The summed E-state index contributed by atoms with van der Waals surface area (Å²) < 4.78 is 9.33. The van der Waals surface area contributed by atoms with Crippen LogP contribution in [0.2, 0.25) is 0 Å². The molecule has 12 heteroatoms. The lowest BCUT2D eigenvalue weighted by Gasteiger charge is -2.24. The minimum atomic E-state index is -0.366. The second kappa shape index (κ2) is 11.8. The molecule has 41 heavy (non-hydrogen) atoms. The molecule has 0 fully saturated rings. The van der Waals surface area contributed by atoms with Crippen molar-refractivity contribution in [3.05, 3.63) is 65.2 Å². The van der Waals surface area contributed by atoms with Crippen LogP contribution in [0.5, 0.6) is 5.88 Å². The van der Waals surface area contributed by atoms with Crippen LogP contribution >= 0.6 is 0 Å². The van der Waals surface area contributed by atoms with E-state index in [1.54, 1.807) is 22.9 Å². The van der Waals surface area contributed by atoms with E-state index in [1.807, 2.05) is 49.7 Å². The van der Waals surface area contributed by atoms with Crippen LogP contribution in [0.3, 0.4) is 0 Å². The molecule has 0 bridgehead atoms. The fourth-order valence-electron chi connectivity index (χ4n) is 4.95. The standard InChI is InChI=1S/C29H35N9O3/c1-6-24(39)31-20-18-21(27(41-7-2)34-26(20)36(5)17-16-35(3)4)32-28-30-14-13-23(33-28)38-22-12-8-10-19-11-9-15-37(25(19)22)29(38)40/h6,8,10,12-14,18H,1,7,9,11,15-17H2,2-5H3,(H,31,39)(H,30,32,33). The molecule has 0 saturated carbocycles. The molecule has 1 amide bonds. The Hall–Kier alpha value is -4.71. The number of pyridine rings is 1. The summed E-state index contributed by atoms with van der Waals surface area (Å²) in [5.41, 5.74) is 3.73. The van der Waals surface area contributed by atoms with Crippen LogP contribution in [-0.4, -0.2) is 75.7 Å². The number of carbonyl (C=O) groups is 1. The number of hydrogen-bond donors (Lipinski definition) is 2. The SMILES string of the molecule is C=CC(=O)Nc1cc(Nc2nccc(-n3c(=O)n4c5c(cccc53)CCC4)n2)c(OCC)nc1N(C)CCN(C)C. The number of aromatic nitrogens is 5. The summed E-state index contributed by atoms with van der Waals surface area (Å²) in [6.45, 7) is 7.95. The quantitative estimate of drug-likeness (QED) is 0.268. The van der Waals surface area contributed by atoms with Gasteiger partial charge in [-0.1, -0.05) is 18.7 Å². The Labute approximate surface area is 238 Å². The van der Waals surface area contributed by atoms with E-state index in [0.29, 0.717) is 48.6 Å². The van der Waals surface area contributed by atoms with Gasteiger partial charge in [-0.05, 0) is 57.6 Å². The summed E-state index contributed by atoms with van der Waals surface area (Å²) in [4.78, 5) is 43.6. The van der Waals surface area contributed by atoms with Gasteiger partial charge in [0.05, 0.1) is 23.3 Å². The third-order valence-corrected chi connectivity index (χ3v) is 6.91. The van der Waals surface area contributed by atoms with Crippen LogP contribution in [0.4, 0.5) is 23.1 Å². The normalized spacial score (nSPS) is 12.4. The predicted octanol–water partition coefficient (Wildman–Crippen LogP) is 3.19. The smallest absolute Gasteiger partial charge is 0.334 e. The first-order valence-corrected chi connectivity index (χ1v) is 13.6. The first kappa shape index (κ1) is 27.8. The van der Waals surface area contributed by atoms with Crippen LogP contribution in [0.1, 0.15) is 18.9 Å². The Morgan fingerprint density at radius 3 is 2.76 bits per heavy atom. The highest BCUT2D eigenvalue weighted by Crippen LogP contribution is 2.35. The van der Waals surface area contributed by atoms with E-state index in [0.717, 1.165) is 36.0 Å². The zero-order valence-corrected chi connectivity index (χ0v) is 23.8. The molecule has 0 aliphatic carbocycles. The third kappa shape index (κ3) is 5.64. The molecule has 2 N–H and O–H groups in total. The summed E-state index contributed by atoms with van der Waals surface area (Å²) in [5, 5.41) is 6.04. The van der Waals surface area contributed by atoms with Gasteiger partial charge < -0.3 is 25.2 Å². The second-order valence-electron chi connectivity index (χ2n) is 10.1. The van der Waals surface area contributed by atoms with E-state index >= 15 is 0 Å². The Kier molecular flexibility index (Phi) is 8.02. The topological polar surface area (TPSA) is 122 Å². The molecule has 4 aromatic rings. The van der Waals surface area contributed by atoms with Gasteiger partial charge in [-0.2, -0.15) is 9.97 Å². The highest BCUT2D eigenvalue weighted by atomic mass is 16.5. The van der Waals surface area contributed by atoms with Crippen molar-refractivity contribution in [3.8, 4) is 11.7 Å². The predicted molar refractivity (Wildman–Crippen MR) is 161 cm³/mol. The maximum Gasteiger partial charge on any atom is 0.334 e. The van der Waals surface area contributed by atoms with Crippen molar-refractivity contribution in [2.75, 3.05) is 56.4 Å². The average molecular weight is 558 g/mol. The lowest BCUT2D eigenvalue weighted by Crippen LogP contribution is -2.30. The van der Waals surface area contributed by atoms with Crippen molar-refractivity contribution in [2.24, 2.45) is 0 Å². The monoisotopic (exact) mass is 557 g/mol. The van der Waals surface area contributed by atoms with E-state index in [9.17, 15) is 9.59 Å². The molecule has 1 aliphatic rings. The number of benzene rings is 1. The number of hydrogen-bond acceptors (Lipinski definition) is 9. The van der Waals surface area contributed by atoms with E-state index in [-0.39, 0.29) is 17.5 Å². The van der Waals surface area contributed by atoms with Crippen molar-refractivity contribution >= 4 is 40.1 Å². The van der Waals surface area contributed by atoms with E-state index in [1.165, 1.54) is 6.08 Å². The van der Waals surface area contributed by atoms with E-state index < -0.39 is 0 Å². The molecule has 0 atom stereocenters. The van der Waals surface area contributed by atoms with Gasteiger partial charge in [0.25, 0.3) is 0 Å². The number of imidazole rings is 1. The molecular weight excluding hydrogens is 522 g/mol. The van der Waals surface area contributed by atoms with Gasteiger partial charge >= 0.3 is 5.69 Å². The summed E-state index contributed by atoms with van der Waals surface area (Å²) in [7, 11) is 5.89. The van der Waals surface area contributed by atoms with Gasteiger partial charge in [0, 0.05) is 38.9 Å². The summed E-state index contributed by atoms with van der Waals surface area (Å²) in [6, 6.07) is 9.43. The van der Waals surface area contributed by atoms with Crippen molar-refractivity contribution in [1.82, 2.24) is 29.0 Å². The fraction of sp³-hybridized carbons (Fsp3) is 0.345. The van der Waals surface area contributed by atoms with Crippen LogP contribution in [0.15, 0.2) is 54.0 Å².